The van der Waals surface area contributed by atoms with Crippen LogP contribution < -0.4 is 16.4 Å². The van der Waals surface area contributed by atoms with Gasteiger partial charge in [0.1, 0.15) is 0 Å². The molecule has 2 rings (SSSR count). The van der Waals surface area contributed by atoms with Crippen LogP contribution in [0.1, 0.15) is 50.4 Å². The van der Waals surface area contributed by atoms with E-state index < -0.39 is 0 Å². The zero-order valence-electron chi connectivity index (χ0n) is 13.3. The van der Waals surface area contributed by atoms with Crippen LogP contribution in [-0.2, 0) is 0 Å². The Hall–Kier alpha value is -1.71. The number of rotatable bonds is 5. The highest BCUT2D eigenvalue weighted by atomic mass is 16.1. The summed E-state index contributed by atoms with van der Waals surface area (Å²) >= 11 is 0. The lowest BCUT2D eigenvalue weighted by Crippen LogP contribution is -2.25. The Labute approximate surface area is 127 Å². The van der Waals surface area contributed by atoms with E-state index in [0.29, 0.717) is 29.8 Å². The van der Waals surface area contributed by atoms with Gasteiger partial charge in [-0.2, -0.15) is 0 Å². The second kappa shape index (κ2) is 6.83. The zero-order valence-corrected chi connectivity index (χ0v) is 13.3. The summed E-state index contributed by atoms with van der Waals surface area (Å²) in [4.78, 5) is 11.8. The molecule has 4 heteroatoms. The number of carbonyl (C=O) groups excluding carboxylic acids is 1. The lowest BCUT2D eigenvalue weighted by molar-refractivity contribution is 0.0956. The topological polar surface area (TPSA) is 67.2 Å². The van der Waals surface area contributed by atoms with Crippen LogP contribution >= 0.6 is 0 Å². The molecule has 1 aromatic rings. The highest BCUT2D eigenvalue weighted by molar-refractivity contribution is 5.96. The van der Waals surface area contributed by atoms with Gasteiger partial charge in [0.05, 0.1) is 11.4 Å². The minimum Gasteiger partial charge on any atom is -0.397 e. The smallest absolute Gasteiger partial charge is 0.251 e. The van der Waals surface area contributed by atoms with Crippen LogP contribution in [0.3, 0.4) is 0 Å². The molecule has 3 atom stereocenters. The molecule has 4 nitrogen and oxygen atoms in total. The predicted molar refractivity (Wildman–Crippen MR) is 88.5 cm³/mol. The van der Waals surface area contributed by atoms with Crippen molar-refractivity contribution in [1.82, 2.24) is 5.32 Å². The fourth-order valence-electron chi connectivity index (χ4n) is 3.33. The number of hydrogen-bond donors (Lipinski definition) is 3. The van der Waals surface area contributed by atoms with E-state index in [1.54, 1.807) is 6.07 Å². The Morgan fingerprint density at radius 3 is 2.67 bits per heavy atom. The second-order valence-corrected chi connectivity index (χ2v) is 6.02. The third-order valence-corrected chi connectivity index (χ3v) is 4.74. The molecule has 0 spiro atoms. The molecule has 4 N–H and O–H groups in total. The maximum Gasteiger partial charge on any atom is 0.251 e. The second-order valence-electron chi connectivity index (χ2n) is 6.02. The van der Waals surface area contributed by atoms with Crippen LogP contribution in [0.2, 0.25) is 0 Å². The van der Waals surface area contributed by atoms with E-state index in [4.69, 9.17) is 5.73 Å². The molecule has 0 bridgehead atoms. The molecule has 3 unspecified atom stereocenters. The summed E-state index contributed by atoms with van der Waals surface area (Å²) in [6.07, 6.45) is 3.72. The number of carbonyl (C=O) groups is 1. The van der Waals surface area contributed by atoms with E-state index in [1.807, 2.05) is 19.1 Å². The van der Waals surface area contributed by atoms with E-state index in [9.17, 15) is 4.79 Å². The summed E-state index contributed by atoms with van der Waals surface area (Å²) in [5.41, 5.74) is 8.31. The van der Waals surface area contributed by atoms with Gasteiger partial charge in [0.25, 0.3) is 5.91 Å². The number of anilines is 2. The standard InChI is InChI=1S/C17H27N3O/c1-4-12-6-8-15(11(12)3)20-16-9-7-13(10-14(16)18)17(21)19-5-2/h7,9-12,15,20H,4-6,8,18H2,1-3H3,(H,19,21). The first-order chi connectivity index (χ1) is 10.1. The molecule has 1 amide bonds. The fourth-order valence-corrected chi connectivity index (χ4v) is 3.33. The molecule has 21 heavy (non-hydrogen) atoms. The van der Waals surface area contributed by atoms with E-state index in [2.05, 4.69) is 24.5 Å². The van der Waals surface area contributed by atoms with Crippen LogP contribution in [0.5, 0.6) is 0 Å². The van der Waals surface area contributed by atoms with Crippen molar-refractivity contribution in [3.8, 4) is 0 Å². The Balaban J connectivity index is 2.06. The Morgan fingerprint density at radius 2 is 2.10 bits per heavy atom. The van der Waals surface area contributed by atoms with Crippen LogP contribution in [0.15, 0.2) is 18.2 Å². The minimum atomic E-state index is -0.0731. The van der Waals surface area contributed by atoms with Gasteiger partial charge >= 0.3 is 0 Å². The van der Waals surface area contributed by atoms with Crippen molar-refractivity contribution >= 4 is 17.3 Å². The van der Waals surface area contributed by atoms with Gasteiger partial charge < -0.3 is 16.4 Å². The molecule has 1 aromatic carbocycles. The summed E-state index contributed by atoms with van der Waals surface area (Å²) in [5.74, 6) is 1.40. The van der Waals surface area contributed by atoms with Crippen molar-refractivity contribution in [2.24, 2.45) is 11.8 Å². The number of nitrogens with one attached hydrogen (secondary N) is 2. The van der Waals surface area contributed by atoms with Crippen LogP contribution in [0.25, 0.3) is 0 Å². The first-order valence-electron chi connectivity index (χ1n) is 8.01. The summed E-state index contributed by atoms with van der Waals surface area (Å²) in [5, 5.41) is 6.35. The third-order valence-electron chi connectivity index (χ3n) is 4.74. The molecule has 0 aromatic heterocycles. The molecular formula is C17H27N3O. The van der Waals surface area contributed by atoms with Crippen molar-refractivity contribution in [1.29, 1.82) is 0 Å². The monoisotopic (exact) mass is 289 g/mol. The van der Waals surface area contributed by atoms with E-state index >= 15 is 0 Å². The van der Waals surface area contributed by atoms with Crippen LogP contribution in [-0.4, -0.2) is 18.5 Å². The van der Waals surface area contributed by atoms with Crippen molar-refractivity contribution in [3.05, 3.63) is 23.8 Å². The van der Waals surface area contributed by atoms with Gasteiger partial charge in [-0.1, -0.05) is 20.3 Å². The van der Waals surface area contributed by atoms with E-state index in [0.717, 1.165) is 11.6 Å². The lowest BCUT2D eigenvalue weighted by Gasteiger charge is -2.23. The molecule has 1 aliphatic rings. The predicted octanol–water partition coefficient (Wildman–Crippen LogP) is 3.26. The third kappa shape index (κ3) is 3.49. The number of benzene rings is 1. The van der Waals surface area contributed by atoms with Crippen molar-refractivity contribution < 1.29 is 4.79 Å². The molecule has 1 saturated carbocycles. The lowest BCUT2D eigenvalue weighted by atomic mass is 9.93. The van der Waals surface area contributed by atoms with Crippen LogP contribution in [0, 0.1) is 11.8 Å². The van der Waals surface area contributed by atoms with E-state index in [-0.39, 0.29) is 5.91 Å². The average molecular weight is 289 g/mol. The number of nitrogens with two attached hydrogens (primary N) is 1. The number of hydrogen-bond acceptors (Lipinski definition) is 3. The highest BCUT2D eigenvalue weighted by Crippen LogP contribution is 2.36. The van der Waals surface area contributed by atoms with Gasteiger partial charge in [-0.25, -0.2) is 0 Å². The fraction of sp³-hybridized carbons (Fsp3) is 0.588. The quantitative estimate of drug-likeness (QED) is 0.729. The molecule has 0 radical (unpaired) electrons. The van der Waals surface area contributed by atoms with Crippen molar-refractivity contribution in [2.45, 2.75) is 46.1 Å². The molecule has 0 aliphatic heterocycles. The molecule has 0 saturated heterocycles. The Morgan fingerprint density at radius 1 is 1.33 bits per heavy atom. The van der Waals surface area contributed by atoms with Crippen molar-refractivity contribution in [2.75, 3.05) is 17.6 Å². The molecule has 116 valence electrons. The molecular weight excluding hydrogens is 262 g/mol. The van der Waals surface area contributed by atoms with Crippen molar-refractivity contribution in [3.63, 3.8) is 0 Å². The highest BCUT2D eigenvalue weighted by Gasteiger charge is 2.31. The average Bonchev–Trinajstić information content (AvgIpc) is 2.82. The van der Waals surface area contributed by atoms with Gasteiger partial charge in [-0.3, -0.25) is 4.79 Å². The maximum atomic E-state index is 11.8. The summed E-state index contributed by atoms with van der Waals surface area (Å²) in [6, 6.07) is 5.99. The van der Waals surface area contributed by atoms with E-state index in [1.165, 1.54) is 19.3 Å². The number of nitrogen functional groups attached to an aromatic ring is 1. The van der Waals surface area contributed by atoms with Gasteiger partial charge in [-0.15, -0.1) is 0 Å². The maximum absolute atomic E-state index is 11.8. The zero-order chi connectivity index (χ0) is 15.4. The van der Waals surface area contributed by atoms with Gasteiger partial charge in [0.15, 0.2) is 0 Å². The summed E-state index contributed by atoms with van der Waals surface area (Å²) < 4.78 is 0. The Bertz CT molecular complexity index is 501. The largest absolute Gasteiger partial charge is 0.397 e. The molecule has 1 aliphatic carbocycles. The number of amides is 1. The molecule has 1 fully saturated rings. The van der Waals surface area contributed by atoms with Gasteiger partial charge in [0.2, 0.25) is 0 Å². The normalized spacial score (nSPS) is 24.8. The first kappa shape index (κ1) is 15.7. The molecule has 0 heterocycles. The van der Waals surface area contributed by atoms with Crippen LogP contribution in [0.4, 0.5) is 11.4 Å². The van der Waals surface area contributed by atoms with Gasteiger partial charge in [-0.05, 0) is 49.8 Å². The first-order valence-corrected chi connectivity index (χ1v) is 8.01. The SMILES string of the molecule is CCNC(=O)c1ccc(NC2CCC(CC)C2C)c(N)c1. The Kier molecular flexibility index (Phi) is 5.10. The minimum absolute atomic E-state index is 0.0731. The summed E-state index contributed by atoms with van der Waals surface area (Å²) in [7, 11) is 0. The summed E-state index contributed by atoms with van der Waals surface area (Å²) in [6.45, 7) is 7.11. The van der Waals surface area contributed by atoms with Gasteiger partial charge in [0, 0.05) is 18.2 Å².